The lowest BCUT2D eigenvalue weighted by molar-refractivity contribution is -0.113. The van der Waals surface area contributed by atoms with Gasteiger partial charge >= 0.3 is 0 Å². The van der Waals surface area contributed by atoms with Crippen molar-refractivity contribution >= 4 is 52.2 Å². The molecule has 9 heteroatoms. The summed E-state index contributed by atoms with van der Waals surface area (Å²) in [5.41, 5.74) is 3.50. The van der Waals surface area contributed by atoms with Crippen LogP contribution in [0.5, 0.6) is 0 Å². The quantitative estimate of drug-likeness (QED) is 0.416. The summed E-state index contributed by atoms with van der Waals surface area (Å²) in [7, 11) is 0. The average Bonchev–Trinajstić information content (AvgIpc) is 3.16. The van der Waals surface area contributed by atoms with Crippen molar-refractivity contribution in [2.45, 2.75) is 12.1 Å². The van der Waals surface area contributed by atoms with Gasteiger partial charge in [0.2, 0.25) is 5.91 Å². The molecule has 2 aromatic heterocycles. The van der Waals surface area contributed by atoms with E-state index in [0.29, 0.717) is 27.1 Å². The van der Waals surface area contributed by atoms with Gasteiger partial charge in [0.1, 0.15) is 0 Å². The summed E-state index contributed by atoms with van der Waals surface area (Å²) in [6.07, 6.45) is 1.67. The van der Waals surface area contributed by atoms with Crippen LogP contribution in [0.1, 0.15) is 15.9 Å². The van der Waals surface area contributed by atoms with Crippen molar-refractivity contribution in [3.63, 3.8) is 0 Å². The predicted octanol–water partition coefficient (Wildman–Crippen LogP) is 4.67. The number of anilines is 2. The molecule has 4 aromatic rings. The molecule has 7 nitrogen and oxygen atoms in total. The van der Waals surface area contributed by atoms with Crippen LogP contribution in [0.3, 0.4) is 0 Å². The van der Waals surface area contributed by atoms with Crippen LogP contribution in [0, 0.1) is 6.92 Å². The van der Waals surface area contributed by atoms with E-state index in [-0.39, 0.29) is 17.6 Å². The molecule has 0 saturated heterocycles. The first-order valence-corrected chi connectivity index (χ1v) is 10.8. The molecule has 0 unspecified atom stereocenters. The fourth-order valence-corrected chi connectivity index (χ4v) is 3.73. The molecular formula is C22H18ClN5O2S. The summed E-state index contributed by atoms with van der Waals surface area (Å²) < 4.78 is 1.70. The minimum atomic E-state index is -0.238. The third-order valence-corrected chi connectivity index (χ3v) is 5.56. The van der Waals surface area contributed by atoms with Gasteiger partial charge in [0.15, 0.2) is 10.8 Å². The van der Waals surface area contributed by atoms with Crippen LogP contribution >= 0.6 is 23.4 Å². The lowest BCUT2D eigenvalue weighted by Gasteiger charge is -2.07. The van der Waals surface area contributed by atoms with Crippen LogP contribution in [-0.2, 0) is 4.79 Å². The molecule has 0 bridgehead atoms. The highest BCUT2D eigenvalue weighted by molar-refractivity contribution is 7.99. The number of fused-ring (bicyclic) bond motifs is 1. The van der Waals surface area contributed by atoms with Gasteiger partial charge in [-0.25, -0.2) is 0 Å². The van der Waals surface area contributed by atoms with Crippen molar-refractivity contribution in [1.82, 2.24) is 14.6 Å². The Kier molecular flexibility index (Phi) is 6.20. The molecule has 0 aliphatic heterocycles. The van der Waals surface area contributed by atoms with E-state index in [1.807, 2.05) is 31.2 Å². The molecule has 0 saturated carbocycles. The molecule has 0 aliphatic carbocycles. The Morgan fingerprint density at radius 2 is 1.81 bits per heavy atom. The zero-order chi connectivity index (χ0) is 21.8. The number of amides is 2. The van der Waals surface area contributed by atoms with Crippen molar-refractivity contribution < 1.29 is 9.59 Å². The van der Waals surface area contributed by atoms with Gasteiger partial charge in [-0.15, -0.1) is 10.2 Å². The van der Waals surface area contributed by atoms with E-state index in [1.54, 1.807) is 47.0 Å². The van der Waals surface area contributed by atoms with E-state index >= 15 is 0 Å². The number of nitrogens with zero attached hydrogens (tertiary/aromatic N) is 3. The molecule has 4 rings (SSSR count). The number of pyridine rings is 1. The summed E-state index contributed by atoms with van der Waals surface area (Å²) in [4.78, 5) is 24.9. The second kappa shape index (κ2) is 9.20. The Balaban J connectivity index is 1.44. The second-order valence-corrected chi connectivity index (χ2v) is 8.17. The Labute approximate surface area is 187 Å². The van der Waals surface area contributed by atoms with Gasteiger partial charge in [0, 0.05) is 22.6 Å². The van der Waals surface area contributed by atoms with Crippen LogP contribution in [0.2, 0.25) is 5.02 Å². The number of hydrogen-bond donors (Lipinski definition) is 2. The van der Waals surface area contributed by atoms with Crippen LogP contribution in [0.15, 0.2) is 72.0 Å². The highest BCUT2D eigenvalue weighted by atomic mass is 35.5. The molecule has 0 radical (unpaired) electrons. The summed E-state index contributed by atoms with van der Waals surface area (Å²) in [5, 5.41) is 15.0. The first-order valence-electron chi connectivity index (χ1n) is 9.39. The molecular weight excluding hydrogens is 434 g/mol. The van der Waals surface area contributed by atoms with Gasteiger partial charge in [-0.05, 0) is 61.0 Å². The van der Waals surface area contributed by atoms with Crippen molar-refractivity contribution in [2.75, 3.05) is 16.4 Å². The Morgan fingerprint density at radius 3 is 2.58 bits per heavy atom. The Bertz CT molecular complexity index is 1260. The molecule has 156 valence electrons. The summed E-state index contributed by atoms with van der Waals surface area (Å²) in [6.45, 7) is 1.96. The predicted molar refractivity (Wildman–Crippen MR) is 123 cm³/mol. The number of aryl methyl sites for hydroxylation is 1. The van der Waals surface area contributed by atoms with E-state index in [4.69, 9.17) is 11.6 Å². The number of carbonyl (C=O) groups is 2. The van der Waals surface area contributed by atoms with E-state index in [1.165, 1.54) is 11.8 Å². The number of halogens is 1. The molecule has 0 atom stereocenters. The minimum absolute atomic E-state index is 0.142. The fourth-order valence-electron chi connectivity index (χ4n) is 2.89. The van der Waals surface area contributed by atoms with Gasteiger partial charge in [-0.2, -0.15) is 0 Å². The fraction of sp³-hybridized carbons (Fsp3) is 0.0909. The number of nitrogens with one attached hydrogen (secondary N) is 2. The van der Waals surface area contributed by atoms with Crippen molar-refractivity contribution in [3.8, 4) is 0 Å². The molecule has 2 heterocycles. The highest BCUT2D eigenvalue weighted by Crippen LogP contribution is 2.20. The van der Waals surface area contributed by atoms with Gasteiger partial charge in [0.05, 0.1) is 11.3 Å². The molecule has 2 aromatic carbocycles. The van der Waals surface area contributed by atoms with E-state index < -0.39 is 0 Å². The first-order chi connectivity index (χ1) is 15.0. The lowest BCUT2D eigenvalue weighted by Crippen LogP contribution is -2.14. The normalized spacial score (nSPS) is 10.8. The molecule has 0 fully saturated rings. The van der Waals surface area contributed by atoms with Gasteiger partial charge < -0.3 is 10.6 Å². The minimum Gasteiger partial charge on any atom is -0.325 e. The lowest BCUT2D eigenvalue weighted by atomic mass is 10.2. The van der Waals surface area contributed by atoms with E-state index in [9.17, 15) is 9.59 Å². The number of carbonyl (C=O) groups excluding carboxylic acids is 2. The molecule has 31 heavy (non-hydrogen) atoms. The van der Waals surface area contributed by atoms with Crippen LogP contribution in [0.25, 0.3) is 5.65 Å². The maximum absolute atomic E-state index is 12.6. The molecule has 2 amide bonds. The standard InChI is InChI=1S/C22H18ClN5O2S/c1-14-3-2-4-18(11-14)25-21(30)15-5-10-19-26-27-22(28(19)12-15)31-13-20(29)24-17-8-6-16(23)7-9-17/h2-12H,13H2,1H3,(H,24,29)(H,25,30). The van der Waals surface area contributed by atoms with Crippen molar-refractivity contribution in [2.24, 2.45) is 0 Å². The number of thioether (sulfide) groups is 1. The van der Waals surface area contributed by atoms with Crippen LogP contribution in [-0.4, -0.2) is 32.2 Å². The zero-order valence-corrected chi connectivity index (χ0v) is 18.1. The maximum Gasteiger partial charge on any atom is 0.257 e. The number of rotatable bonds is 6. The monoisotopic (exact) mass is 451 g/mol. The summed E-state index contributed by atoms with van der Waals surface area (Å²) in [6, 6.07) is 17.9. The number of aromatic nitrogens is 3. The SMILES string of the molecule is Cc1cccc(NC(=O)c2ccc3nnc(SCC(=O)Nc4ccc(Cl)cc4)n3c2)c1. The number of hydrogen-bond acceptors (Lipinski definition) is 5. The Morgan fingerprint density at radius 1 is 1.00 bits per heavy atom. The van der Waals surface area contributed by atoms with Gasteiger partial charge in [-0.3, -0.25) is 14.0 Å². The van der Waals surface area contributed by atoms with E-state index in [2.05, 4.69) is 20.8 Å². The van der Waals surface area contributed by atoms with Gasteiger partial charge in [0.25, 0.3) is 5.91 Å². The second-order valence-electron chi connectivity index (χ2n) is 6.80. The third-order valence-electron chi connectivity index (χ3n) is 4.37. The zero-order valence-electron chi connectivity index (χ0n) is 16.5. The Hall–Kier alpha value is -3.36. The summed E-state index contributed by atoms with van der Waals surface area (Å²) in [5.74, 6) is -0.279. The molecule has 0 spiro atoms. The van der Waals surface area contributed by atoms with E-state index in [0.717, 1.165) is 11.3 Å². The smallest absolute Gasteiger partial charge is 0.257 e. The first kappa shape index (κ1) is 20.9. The van der Waals surface area contributed by atoms with Crippen molar-refractivity contribution in [3.05, 3.63) is 83.0 Å². The third kappa shape index (κ3) is 5.22. The topological polar surface area (TPSA) is 88.4 Å². The molecule has 0 aliphatic rings. The van der Waals surface area contributed by atoms with Crippen LogP contribution in [0.4, 0.5) is 11.4 Å². The largest absolute Gasteiger partial charge is 0.325 e. The average molecular weight is 452 g/mol. The summed E-state index contributed by atoms with van der Waals surface area (Å²) >= 11 is 7.09. The van der Waals surface area contributed by atoms with Crippen LogP contribution < -0.4 is 10.6 Å². The molecule has 2 N–H and O–H groups in total. The van der Waals surface area contributed by atoms with Crippen molar-refractivity contribution in [1.29, 1.82) is 0 Å². The van der Waals surface area contributed by atoms with Gasteiger partial charge in [-0.1, -0.05) is 35.5 Å². The highest BCUT2D eigenvalue weighted by Gasteiger charge is 2.13. The maximum atomic E-state index is 12.6. The number of benzene rings is 2.